The number of anilines is 3. The second-order valence-corrected chi connectivity index (χ2v) is 10.4. The molecule has 4 N–H and O–H groups in total. The van der Waals surface area contributed by atoms with E-state index in [1.165, 1.54) is 12.1 Å². The van der Waals surface area contributed by atoms with E-state index in [9.17, 15) is 14.0 Å². The lowest BCUT2D eigenvalue weighted by atomic mass is 9.80. The van der Waals surface area contributed by atoms with Gasteiger partial charge in [-0.2, -0.15) is 4.98 Å². The number of carbonyl (C=O) groups is 2. The van der Waals surface area contributed by atoms with Gasteiger partial charge >= 0.3 is 0 Å². The predicted octanol–water partition coefficient (Wildman–Crippen LogP) is 3.05. The highest BCUT2D eigenvalue weighted by atomic mass is 19.1. The number of benzene rings is 1. The minimum atomic E-state index is -0.551. The van der Waals surface area contributed by atoms with E-state index in [1.54, 1.807) is 38.4 Å². The third kappa shape index (κ3) is 8.01. The molecule has 39 heavy (non-hydrogen) atoms. The molecule has 206 valence electrons. The van der Waals surface area contributed by atoms with E-state index in [-0.39, 0.29) is 29.6 Å². The number of halogens is 1. The second-order valence-electron chi connectivity index (χ2n) is 10.4. The highest BCUT2D eigenvalue weighted by Gasteiger charge is 2.32. The van der Waals surface area contributed by atoms with Gasteiger partial charge in [0.15, 0.2) is 0 Å². The smallest absolute Gasteiger partial charge is 0.247 e. The number of amides is 2. The molecule has 0 aliphatic heterocycles. The molecule has 2 aromatic rings. The van der Waals surface area contributed by atoms with E-state index in [4.69, 9.17) is 0 Å². The molecule has 1 aromatic heterocycles. The van der Waals surface area contributed by atoms with Gasteiger partial charge in [0.05, 0.1) is 17.7 Å². The van der Waals surface area contributed by atoms with Crippen LogP contribution in [0.15, 0.2) is 42.1 Å². The normalized spacial score (nSPS) is 19.3. The van der Waals surface area contributed by atoms with Crippen LogP contribution in [0.1, 0.15) is 38.2 Å². The number of likely N-dealkylation sites (N-methyl/N-ethyl adjacent to an activating group) is 2. The number of carbonyl (C=O) groups excluding carboxylic acids is 2. The van der Waals surface area contributed by atoms with Crippen molar-refractivity contribution >= 4 is 29.3 Å². The van der Waals surface area contributed by atoms with Crippen molar-refractivity contribution in [2.75, 3.05) is 38.3 Å². The average Bonchev–Trinajstić information content (AvgIpc) is 3.71. The second kappa shape index (κ2) is 12.7. The molecule has 2 fully saturated rings. The summed E-state index contributed by atoms with van der Waals surface area (Å²) in [5.74, 6) is 6.49. The van der Waals surface area contributed by atoms with E-state index in [0.29, 0.717) is 41.2 Å². The van der Waals surface area contributed by atoms with Crippen LogP contribution in [-0.2, 0) is 9.59 Å². The van der Waals surface area contributed by atoms with Crippen LogP contribution in [-0.4, -0.2) is 66.5 Å². The van der Waals surface area contributed by atoms with Crippen LogP contribution >= 0.6 is 0 Å². The Bertz CT molecular complexity index is 1270. The van der Waals surface area contributed by atoms with E-state index in [0.717, 1.165) is 25.7 Å². The maximum Gasteiger partial charge on any atom is 0.247 e. The highest BCUT2D eigenvalue weighted by Crippen LogP contribution is 2.29. The molecule has 0 saturated heterocycles. The van der Waals surface area contributed by atoms with E-state index < -0.39 is 5.92 Å². The van der Waals surface area contributed by atoms with Crippen LogP contribution in [0.2, 0.25) is 0 Å². The van der Waals surface area contributed by atoms with E-state index >= 15 is 0 Å². The lowest BCUT2D eigenvalue weighted by Crippen LogP contribution is -2.46. The van der Waals surface area contributed by atoms with Crippen LogP contribution in [0.25, 0.3) is 0 Å². The average molecular weight is 534 g/mol. The molecule has 2 aliphatic rings. The SMILES string of the molecule is CNC(=O)/C(=C\CN(C)C)[C@H](C)C(=O)NC1CC(C#Cc2cnc(Nc3ccc(F)cc3)nc2NC2CC2)C1. The van der Waals surface area contributed by atoms with Gasteiger partial charge in [0.2, 0.25) is 17.8 Å². The fourth-order valence-corrected chi connectivity index (χ4v) is 4.12. The summed E-state index contributed by atoms with van der Waals surface area (Å²) in [5.41, 5.74) is 1.88. The molecule has 0 unspecified atom stereocenters. The summed E-state index contributed by atoms with van der Waals surface area (Å²) >= 11 is 0. The Kier molecular flexibility index (Phi) is 9.15. The topological polar surface area (TPSA) is 111 Å². The molecule has 0 radical (unpaired) electrons. The van der Waals surface area contributed by atoms with Crippen molar-refractivity contribution in [2.24, 2.45) is 11.8 Å². The largest absolute Gasteiger partial charge is 0.366 e. The zero-order valence-electron chi connectivity index (χ0n) is 22.8. The monoisotopic (exact) mass is 533 g/mol. The zero-order valence-corrected chi connectivity index (χ0v) is 22.8. The minimum Gasteiger partial charge on any atom is -0.366 e. The Morgan fingerprint density at radius 2 is 1.90 bits per heavy atom. The van der Waals surface area contributed by atoms with E-state index in [1.807, 2.05) is 19.0 Å². The van der Waals surface area contributed by atoms with Crippen LogP contribution in [0.4, 0.5) is 21.8 Å². The number of aromatic nitrogens is 2. The lowest BCUT2D eigenvalue weighted by Gasteiger charge is -2.33. The first-order chi connectivity index (χ1) is 18.7. The van der Waals surface area contributed by atoms with Crippen molar-refractivity contribution in [3.63, 3.8) is 0 Å². The summed E-state index contributed by atoms with van der Waals surface area (Å²) < 4.78 is 13.2. The van der Waals surface area contributed by atoms with Gasteiger partial charge in [-0.15, -0.1) is 0 Å². The Balaban J connectivity index is 1.34. The van der Waals surface area contributed by atoms with Crippen molar-refractivity contribution in [1.29, 1.82) is 0 Å². The number of rotatable bonds is 10. The molecular weight excluding hydrogens is 497 g/mol. The Hall–Kier alpha value is -3.97. The van der Waals surface area contributed by atoms with Gasteiger partial charge in [-0.25, -0.2) is 9.37 Å². The van der Waals surface area contributed by atoms with Crippen LogP contribution in [0.3, 0.4) is 0 Å². The van der Waals surface area contributed by atoms with Gasteiger partial charge in [0, 0.05) is 42.9 Å². The molecule has 10 heteroatoms. The van der Waals surface area contributed by atoms with E-state index in [2.05, 4.69) is 43.1 Å². The maximum atomic E-state index is 13.2. The first kappa shape index (κ1) is 28.0. The minimum absolute atomic E-state index is 0.0293. The van der Waals surface area contributed by atoms with Gasteiger partial charge in [0.1, 0.15) is 11.6 Å². The molecule has 0 spiro atoms. The van der Waals surface area contributed by atoms with Gasteiger partial charge < -0.3 is 26.2 Å². The molecule has 2 aliphatic carbocycles. The van der Waals surface area contributed by atoms with Crippen LogP contribution in [0.5, 0.6) is 0 Å². The van der Waals surface area contributed by atoms with Crippen molar-refractivity contribution in [3.8, 4) is 11.8 Å². The number of nitrogens with one attached hydrogen (secondary N) is 4. The summed E-state index contributed by atoms with van der Waals surface area (Å²) in [6, 6.07) is 6.43. The Morgan fingerprint density at radius 3 is 2.54 bits per heavy atom. The summed E-state index contributed by atoms with van der Waals surface area (Å²) in [6.45, 7) is 2.33. The highest BCUT2D eigenvalue weighted by molar-refractivity contribution is 5.99. The van der Waals surface area contributed by atoms with Crippen LogP contribution < -0.4 is 21.3 Å². The molecule has 4 rings (SSSR count). The Labute approximate surface area is 229 Å². The number of hydrogen-bond acceptors (Lipinski definition) is 7. The Morgan fingerprint density at radius 1 is 1.18 bits per heavy atom. The van der Waals surface area contributed by atoms with Crippen molar-refractivity contribution < 1.29 is 14.0 Å². The lowest BCUT2D eigenvalue weighted by molar-refractivity contribution is -0.127. The molecule has 1 aromatic carbocycles. The number of hydrogen-bond donors (Lipinski definition) is 4. The fourth-order valence-electron chi connectivity index (χ4n) is 4.12. The summed E-state index contributed by atoms with van der Waals surface area (Å²) in [6.07, 6.45) is 7.17. The van der Waals surface area contributed by atoms with Crippen molar-refractivity contribution in [3.05, 3.63) is 53.5 Å². The maximum absolute atomic E-state index is 13.2. The first-order valence-corrected chi connectivity index (χ1v) is 13.3. The van der Waals surface area contributed by atoms with Gasteiger partial charge in [-0.1, -0.05) is 17.9 Å². The molecular formula is C29H36FN7O2. The van der Waals surface area contributed by atoms with Crippen molar-refractivity contribution in [1.82, 2.24) is 25.5 Å². The molecule has 0 bridgehead atoms. The standard InChI is InChI=1S/C29H36FN7O2/c1-18(25(28(39)31-2)13-14-37(3)4)27(38)34-24-15-19(16-24)5-6-20-17-32-29(36-26(20)33-22-11-12-22)35-23-9-7-21(30)8-10-23/h7-10,13,17-19,22,24H,11-12,14-16H2,1-4H3,(H,31,39)(H,34,38)(H2,32,33,35,36)/b25-13-/t18-,19?,24?/m0/s1. The first-order valence-electron chi connectivity index (χ1n) is 13.3. The zero-order chi connectivity index (χ0) is 27.9. The van der Waals surface area contributed by atoms with Gasteiger partial charge in [-0.3, -0.25) is 9.59 Å². The summed E-state index contributed by atoms with van der Waals surface area (Å²) in [5, 5.41) is 12.2. The quantitative estimate of drug-likeness (QED) is 0.274. The molecule has 2 saturated carbocycles. The number of nitrogens with zero attached hydrogens (tertiary/aromatic N) is 3. The fraction of sp³-hybridized carbons (Fsp3) is 0.448. The third-order valence-electron chi connectivity index (χ3n) is 6.73. The molecule has 1 atom stereocenters. The van der Waals surface area contributed by atoms with Crippen LogP contribution in [0, 0.1) is 29.5 Å². The van der Waals surface area contributed by atoms with Gasteiger partial charge in [0.25, 0.3) is 0 Å². The third-order valence-corrected chi connectivity index (χ3v) is 6.73. The summed E-state index contributed by atoms with van der Waals surface area (Å²) in [7, 11) is 5.39. The van der Waals surface area contributed by atoms with Crippen molar-refractivity contribution in [2.45, 2.75) is 44.7 Å². The predicted molar refractivity (Wildman–Crippen MR) is 150 cm³/mol. The molecule has 1 heterocycles. The molecule has 9 nitrogen and oxygen atoms in total. The molecule has 2 amide bonds. The van der Waals surface area contributed by atoms with Gasteiger partial charge in [-0.05, 0) is 71.0 Å². The summed E-state index contributed by atoms with van der Waals surface area (Å²) in [4.78, 5) is 36.1.